The maximum Gasteiger partial charge on any atom is 0.237 e. The minimum atomic E-state index is -0.298. The largest absolute Gasteiger partial charge is 0.377 e. The molecule has 2 aliphatic heterocycles. The maximum atomic E-state index is 11.5. The molecule has 4 rings (SSSR count). The summed E-state index contributed by atoms with van der Waals surface area (Å²) >= 11 is 0. The molecule has 6 nitrogen and oxygen atoms in total. The van der Waals surface area contributed by atoms with Crippen molar-refractivity contribution in [1.29, 1.82) is 0 Å². The van der Waals surface area contributed by atoms with Crippen molar-refractivity contribution in [2.24, 2.45) is 5.73 Å². The zero-order valence-corrected chi connectivity index (χ0v) is 16.2. The van der Waals surface area contributed by atoms with Crippen molar-refractivity contribution < 1.29 is 9.53 Å². The van der Waals surface area contributed by atoms with Gasteiger partial charge in [0.05, 0.1) is 6.10 Å². The van der Waals surface area contributed by atoms with Gasteiger partial charge < -0.3 is 15.0 Å². The molecule has 2 fully saturated rings. The Morgan fingerprint density at radius 1 is 1.19 bits per heavy atom. The fourth-order valence-corrected chi connectivity index (χ4v) is 4.49. The molecule has 0 unspecified atom stereocenters. The van der Waals surface area contributed by atoms with Gasteiger partial charge in [-0.3, -0.25) is 14.6 Å². The summed E-state index contributed by atoms with van der Waals surface area (Å²) in [6, 6.07) is 8.32. The Balaban J connectivity index is 1.44. The highest BCUT2D eigenvalue weighted by molar-refractivity contribution is 5.87. The number of aromatic nitrogens is 1. The molecule has 1 aromatic carbocycles. The minimum absolute atomic E-state index is 0.238. The molecule has 2 N–H and O–H groups in total. The summed E-state index contributed by atoms with van der Waals surface area (Å²) in [5.41, 5.74) is 9.04. The summed E-state index contributed by atoms with van der Waals surface area (Å²) in [5, 5.41) is 1.23. The molecule has 146 valence electrons. The van der Waals surface area contributed by atoms with Crippen LogP contribution in [0.4, 0.5) is 0 Å². The Kier molecular flexibility index (Phi) is 5.48. The van der Waals surface area contributed by atoms with Crippen LogP contribution in [0, 0.1) is 6.92 Å². The molecule has 0 radical (unpaired) electrons. The van der Waals surface area contributed by atoms with E-state index >= 15 is 0 Å². The second-order valence-corrected chi connectivity index (χ2v) is 7.85. The van der Waals surface area contributed by atoms with Crippen LogP contribution >= 0.6 is 0 Å². The number of benzene rings is 1. The van der Waals surface area contributed by atoms with Gasteiger partial charge in [-0.25, -0.2) is 0 Å². The first-order valence-corrected chi connectivity index (χ1v) is 10.0. The third-order valence-electron chi connectivity index (χ3n) is 6.01. The molecule has 27 heavy (non-hydrogen) atoms. The lowest BCUT2D eigenvalue weighted by molar-refractivity contribution is -0.118. The van der Waals surface area contributed by atoms with E-state index in [2.05, 4.69) is 39.5 Å². The number of nitrogens with two attached hydrogens (primary N) is 1. The molecule has 1 aromatic heterocycles. The van der Waals surface area contributed by atoms with Crippen LogP contribution in [-0.2, 0) is 22.6 Å². The summed E-state index contributed by atoms with van der Waals surface area (Å²) in [7, 11) is 0. The fraction of sp³-hybridized carbons (Fsp3) is 0.571. The molecular formula is C21H30N4O2. The standard InChI is InChI=1S/C21H30N4O2/c1-16-19(18-6-2-3-7-20(18)25(16)15-21(22)26)14-24-10-8-23(9-11-24)13-17-5-4-12-27-17/h2-3,6-7,17H,4-5,8-15H2,1H3,(H2,22,26)/t17-/m1/s1. The van der Waals surface area contributed by atoms with Gasteiger partial charge in [-0.2, -0.15) is 0 Å². The van der Waals surface area contributed by atoms with Crippen LogP contribution in [0.5, 0.6) is 0 Å². The summed E-state index contributed by atoms with van der Waals surface area (Å²) in [6.45, 7) is 9.60. The first-order chi connectivity index (χ1) is 13.1. The van der Waals surface area contributed by atoms with Gasteiger partial charge in [0.1, 0.15) is 6.54 Å². The van der Waals surface area contributed by atoms with Gasteiger partial charge in [0, 0.05) is 62.5 Å². The molecule has 2 aromatic rings. The van der Waals surface area contributed by atoms with E-state index in [1.165, 1.54) is 23.8 Å². The van der Waals surface area contributed by atoms with Crippen LogP contribution in [0.15, 0.2) is 24.3 Å². The van der Waals surface area contributed by atoms with Gasteiger partial charge >= 0.3 is 0 Å². The van der Waals surface area contributed by atoms with E-state index in [1.54, 1.807) is 0 Å². The molecule has 2 saturated heterocycles. The number of nitrogens with zero attached hydrogens (tertiary/aromatic N) is 3. The number of primary amides is 1. The predicted molar refractivity (Wildman–Crippen MR) is 107 cm³/mol. The van der Waals surface area contributed by atoms with Crippen LogP contribution in [0.2, 0.25) is 0 Å². The first kappa shape index (κ1) is 18.5. The van der Waals surface area contributed by atoms with E-state index < -0.39 is 0 Å². The molecule has 0 bridgehead atoms. The lowest BCUT2D eigenvalue weighted by Crippen LogP contribution is -2.48. The van der Waals surface area contributed by atoms with Crippen LogP contribution in [0.1, 0.15) is 24.1 Å². The Morgan fingerprint density at radius 2 is 1.93 bits per heavy atom. The minimum Gasteiger partial charge on any atom is -0.377 e. The van der Waals surface area contributed by atoms with E-state index in [0.29, 0.717) is 6.10 Å². The number of ether oxygens (including phenoxy) is 1. The summed E-state index contributed by atoms with van der Waals surface area (Å²) in [5.74, 6) is -0.298. The van der Waals surface area contributed by atoms with Gasteiger partial charge in [0.2, 0.25) is 5.91 Å². The average molecular weight is 370 g/mol. The first-order valence-electron chi connectivity index (χ1n) is 10.0. The maximum absolute atomic E-state index is 11.5. The van der Waals surface area contributed by atoms with Crippen molar-refractivity contribution >= 4 is 16.8 Å². The van der Waals surface area contributed by atoms with Crippen molar-refractivity contribution in [2.75, 3.05) is 39.3 Å². The van der Waals surface area contributed by atoms with Crippen LogP contribution in [0.3, 0.4) is 0 Å². The lowest BCUT2D eigenvalue weighted by atomic mass is 10.1. The fourth-order valence-electron chi connectivity index (χ4n) is 4.49. The molecular weight excluding hydrogens is 340 g/mol. The average Bonchev–Trinajstić information content (AvgIpc) is 3.26. The predicted octanol–water partition coefficient (Wildman–Crippen LogP) is 1.73. The quantitative estimate of drug-likeness (QED) is 0.841. The highest BCUT2D eigenvalue weighted by Crippen LogP contribution is 2.27. The Labute approximate surface area is 160 Å². The molecule has 0 spiro atoms. The van der Waals surface area contributed by atoms with E-state index in [4.69, 9.17) is 10.5 Å². The summed E-state index contributed by atoms with van der Waals surface area (Å²) in [6.07, 6.45) is 2.85. The van der Waals surface area contributed by atoms with Crippen molar-refractivity contribution in [2.45, 2.75) is 39.0 Å². The van der Waals surface area contributed by atoms with Crippen molar-refractivity contribution in [3.63, 3.8) is 0 Å². The number of piperazine rings is 1. The highest BCUT2D eigenvalue weighted by atomic mass is 16.5. The SMILES string of the molecule is Cc1c(CN2CCN(C[C@H]3CCCO3)CC2)c2ccccc2n1CC(N)=O. The number of carbonyl (C=O) groups is 1. The van der Waals surface area contributed by atoms with Gasteiger partial charge in [0.15, 0.2) is 0 Å². The number of fused-ring (bicyclic) bond motifs is 1. The number of rotatable bonds is 6. The number of para-hydroxylation sites is 1. The molecule has 6 heteroatoms. The van der Waals surface area contributed by atoms with Gasteiger partial charge in [-0.15, -0.1) is 0 Å². The van der Waals surface area contributed by atoms with Crippen LogP contribution in [0.25, 0.3) is 10.9 Å². The monoisotopic (exact) mass is 370 g/mol. The third-order valence-corrected chi connectivity index (χ3v) is 6.01. The van der Waals surface area contributed by atoms with E-state index in [9.17, 15) is 4.79 Å². The molecule has 1 atom stereocenters. The molecule has 0 aliphatic carbocycles. The smallest absolute Gasteiger partial charge is 0.237 e. The Hall–Kier alpha value is -1.89. The number of amides is 1. The topological polar surface area (TPSA) is 63.7 Å². The van der Waals surface area contributed by atoms with Gasteiger partial charge in [-0.1, -0.05) is 18.2 Å². The Morgan fingerprint density at radius 3 is 2.63 bits per heavy atom. The molecule has 3 heterocycles. The third kappa shape index (κ3) is 4.03. The van der Waals surface area contributed by atoms with Crippen molar-refractivity contribution in [3.05, 3.63) is 35.5 Å². The summed E-state index contributed by atoms with van der Waals surface area (Å²) < 4.78 is 7.84. The van der Waals surface area contributed by atoms with Gasteiger partial charge in [0.25, 0.3) is 0 Å². The number of carbonyl (C=O) groups excluding carboxylic acids is 1. The van der Waals surface area contributed by atoms with Crippen LogP contribution in [-0.4, -0.2) is 65.7 Å². The molecule has 0 saturated carbocycles. The van der Waals surface area contributed by atoms with Crippen LogP contribution < -0.4 is 5.73 Å². The highest BCUT2D eigenvalue weighted by Gasteiger charge is 2.24. The van der Waals surface area contributed by atoms with Crippen molar-refractivity contribution in [3.8, 4) is 0 Å². The number of hydrogen-bond donors (Lipinski definition) is 1. The van der Waals surface area contributed by atoms with E-state index in [0.717, 1.165) is 57.1 Å². The molecule has 1 amide bonds. The molecule has 2 aliphatic rings. The zero-order chi connectivity index (χ0) is 18.8. The lowest BCUT2D eigenvalue weighted by Gasteiger charge is -2.35. The van der Waals surface area contributed by atoms with E-state index in [-0.39, 0.29) is 12.5 Å². The van der Waals surface area contributed by atoms with Crippen molar-refractivity contribution in [1.82, 2.24) is 14.4 Å². The Bertz CT molecular complexity index is 802. The van der Waals surface area contributed by atoms with E-state index in [1.807, 2.05) is 6.07 Å². The van der Waals surface area contributed by atoms with Gasteiger partial charge in [-0.05, 0) is 31.4 Å². The second-order valence-electron chi connectivity index (χ2n) is 7.85. The normalized spacial score (nSPS) is 21.9. The second kappa shape index (κ2) is 8.00. The zero-order valence-electron chi connectivity index (χ0n) is 16.2. The number of hydrogen-bond acceptors (Lipinski definition) is 4. The summed E-state index contributed by atoms with van der Waals surface area (Å²) in [4.78, 5) is 16.6.